The minimum atomic E-state index is -0.380. The molecule has 1 amide bonds. The summed E-state index contributed by atoms with van der Waals surface area (Å²) in [5.74, 6) is -0.590. The van der Waals surface area contributed by atoms with Crippen molar-refractivity contribution in [2.75, 3.05) is 11.1 Å². The predicted octanol–water partition coefficient (Wildman–Crippen LogP) is 5.64. The Morgan fingerprint density at radius 3 is 2.40 bits per heavy atom. The summed E-state index contributed by atoms with van der Waals surface area (Å²) in [6.45, 7) is 2.17. The highest BCUT2D eigenvalue weighted by molar-refractivity contribution is 8.01. The number of hydrogen-bond acceptors (Lipinski definition) is 6. The van der Waals surface area contributed by atoms with Gasteiger partial charge in [-0.2, -0.15) is 0 Å². The van der Waals surface area contributed by atoms with E-state index in [-0.39, 0.29) is 23.3 Å². The number of anilines is 1. The van der Waals surface area contributed by atoms with Crippen molar-refractivity contribution in [3.05, 3.63) is 71.0 Å². The molecule has 0 aliphatic heterocycles. The number of halogens is 1. The van der Waals surface area contributed by atoms with Crippen molar-refractivity contribution in [2.45, 2.75) is 36.9 Å². The van der Waals surface area contributed by atoms with Gasteiger partial charge in [0.25, 0.3) is 5.91 Å². The molecule has 1 N–H and O–H groups in total. The second kappa shape index (κ2) is 11.0. The summed E-state index contributed by atoms with van der Waals surface area (Å²) >= 11 is 2.44. The number of carbonyl (C=O) groups excluding carboxylic acids is 2. The third-order valence-corrected chi connectivity index (χ3v) is 6.38. The first-order valence-corrected chi connectivity index (χ1v) is 11.5. The highest BCUT2D eigenvalue weighted by Crippen LogP contribution is 2.26. The Labute approximate surface area is 183 Å². The zero-order valence-corrected chi connectivity index (χ0v) is 18.2. The molecule has 0 aliphatic carbocycles. The van der Waals surface area contributed by atoms with Gasteiger partial charge in [-0.15, -0.1) is 10.2 Å². The number of rotatable bonds is 10. The Morgan fingerprint density at radius 2 is 1.70 bits per heavy atom. The van der Waals surface area contributed by atoms with Crippen LogP contribution in [-0.2, 0) is 6.42 Å². The fourth-order valence-corrected chi connectivity index (χ4v) is 4.38. The molecule has 3 rings (SSSR count). The van der Waals surface area contributed by atoms with Crippen LogP contribution >= 0.6 is 23.1 Å². The number of hydrogen-bond donors (Lipinski definition) is 1. The molecular formula is C22H22FN3O2S2. The fraction of sp³-hybridized carbons (Fsp3) is 0.273. The van der Waals surface area contributed by atoms with Gasteiger partial charge in [-0.1, -0.05) is 55.0 Å². The van der Waals surface area contributed by atoms with E-state index in [0.717, 1.165) is 12.8 Å². The molecule has 3 aromatic rings. The number of aromatic nitrogens is 2. The summed E-state index contributed by atoms with van der Waals surface area (Å²) in [4.78, 5) is 24.6. The van der Waals surface area contributed by atoms with Crippen LogP contribution in [0, 0.1) is 5.82 Å². The molecule has 30 heavy (non-hydrogen) atoms. The molecule has 0 saturated carbocycles. The number of aryl methyl sites for hydroxylation is 1. The number of benzene rings is 2. The zero-order valence-electron chi connectivity index (χ0n) is 16.6. The first-order chi connectivity index (χ1) is 14.5. The second-order valence-electron chi connectivity index (χ2n) is 6.70. The number of carbonyl (C=O) groups is 2. The molecule has 0 spiro atoms. The van der Waals surface area contributed by atoms with Gasteiger partial charge in [-0.25, -0.2) is 4.39 Å². The molecule has 1 heterocycles. The van der Waals surface area contributed by atoms with E-state index in [1.165, 1.54) is 65.8 Å². The van der Waals surface area contributed by atoms with Crippen LogP contribution < -0.4 is 5.32 Å². The molecule has 0 saturated heterocycles. The van der Waals surface area contributed by atoms with E-state index in [9.17, 15) is 14.0 Å². The smallest absolute Gasteiger partial charge is 0.257 e. The molecule has 0 unspecified atom stereocenters. The molecule has 8 heteroatoms. The van der Waals surface area contributed by atoms with Gasteiger partial charge in [0.15, 0.2) is 10.1 Å². The lowest BCUT2D eigenvalue weighted by molar-refractivity contribution is 0.101. The van der Waals surface area contributed by atoms with E-state index in [0.29, 0.717) is 20.6 Å². The molecule has 0 atom stereocenters. The third-order valence-electron chi connectivity index (χ3n) is 4.40. The average molecular weight is 444 g/mol. The van der Waals surface area contributed by atoms with Gasteiger partial charge in [-0.05, 0) is 54.8 Å². The van der Waals surface area contributed by atoms with E-state index >= 15 is 0 Å². The topological polar surface area (TPSA) is 72.0 Å². The minimum absolute atomic E-state index is 0.125. The number of amides is 1. The summed E-state index contributed by atoms with van der Waals surface area (Å²) in [7, 11) is 0. The van der Waals surface area contributed by atoms with Crippen molar-refractivity contribution in [1.29, 1.82) is 0 Å². The van der Waals surface area contributed by atoms with Crippen LogP contribution in [0.2, 0.25) is 0 Å². The van der Waals surface area contributed by atoms with Crippen LogP contribution in [0.4, 0.5) is 9.52 Å². The Balaban J connectivity index is 1.50. The quantitative estimate of drug-likeness (QED) is 0.190. The Bertz CT molecular complexity index is 988. The van der Waals surface area contributed by atoms with E-state index < -0.39 is 0 Å². The lowest BCUT2D eigenvalue weighted by Crippen LogP contribution is -2.11. The Morgan fingerprint density at radius 1 is 1.00 bits per heavy atom. The number of ketones is 1. The van der Waals surface area contributed by atoms with Crippen molar-refractivity contribution >= 4 is 39.9 Å². The highest BCUT2D eigenvalue weighted by atomic mass is 32.2. The molecule has 0 radical (unpaired) electrons. The van der Waals surface area contributed by atoms with E-state index in [4.69, 9.17) is 0 Å². The Hall–Kier alpha value is -2.58. The number of Topliss-reactive ketones (excluding diaryl/α,β-unsaturated/α-hetero) is 1. The summed E-state index contributed by atoms with van der Waals surface area (Å²) in [5, 5.41) is 11.1. The van der Waals surface area contributed by atoms with Gasteiger partial charge in [0.2, 0.25) is 5.13 Å². The van der Waals surface area contributed by atoms with Crippen LogP contribution in [0.3, 0.4) is 0 Å². The van der Waals surface area contributed by atoms with E-state index in [1.807, 2.05) is 24.3 Å². The van der Waals surface area contributed by atoms with Crippen LogP contribution in [0.1, 0.15) is 52.5 Å². The van der Waals surface area contributed by atoms with Gasteiger partial charge in [-0.3, -0.25) is 14.9 Å². The first kappa shape index (κ1) is 22.1. The minimum Gasteiger partial charge on any atom is -0.296 e. The van der Waals surface area contributed by atoms with E-state index in [1.54, 1.807) is 0 Å². The van der Waals surface area contributed by atoms with Crippen LogP contribution in [0.15, 0.2) is 52.9 Å². The van der Waals surface area contributed by atoms with Crippen LogP contribution in [0.25, 0.3) is 0 Å². The number of unbranched alkanes of at least 4 members (excludes halogenated alkanes) is 2. The van der Waals surface area contributed by atoms with Gasteiger partial charge in [0.05, 0.1) is 5.75 Å². The monoisotopic (exact) mass is 443 g/mol. The van der Waals surface area contributed by atoms with Crippen molar-refractivity contribution in [1.82, 2.24) is 10.2 Å². The summed E-state index contributed by atoms with van der Waals surface area (Å²) in [5.41, 5.74) is 2.23. The normalized spacial score (nSPS) is 10.7. The number of thioether (sulfide) groups is 1. The maximum atomic E-state index is 12.9. The molecule has 0 bridgehead atoms. The Kier molecular flexibility index (Phi) is 8.10. The standard InChI is InChI=1S/C22H22FN3O2S2/c1-2-3-4-5-15-6-8-17(9-7-15)20(28)24-21-25-26-22(30-21)29-14-19(27)16-10-12-18(23)13-11-16/h6-13H,2-5,14H2,1H3,(H,24,25,28). The average Bonchev–Trinajstić information content (AvgIpc) is 3.20. The van der Waals surface area contributed by atoms with Crippen molar-refractivity contribution < 1.29 is 14.0 Å². The predicted molar refractivity (Wildman–Crippen MR) is 119 cm³/mol. The maximum Gasteiger partial charge on any atom is 0.257 e. The van der Waals surface area contributed by atoms with E-state index in [2.05, 4.69) is 22.4 Å². The SMILES string of the molecule is CCCCCc1ccc(C(=O)Nc2nnc(SCC(=O)c3ccc(F)cc3)s2)cc1. The van der Waals surface area contributed by atoms with Gasteiger partial charge < -0.3 is 0 Å². The largest absolute Gasteiger partial charge is 0.296 e. The van der Waals surface area contributed by atoms with Gasteiger partial charge in [0, 0.05) is 11.1 Å². The summed E-state index contributed by atoms with van der Waals surface area (Å²) in [6, 6.07) is 13.0. The van der Waals surface area contributed by atoms with Crippen molar-refractivity contribution in [2.24, 2.45) is 0 Å². The lowest BCUT2D eigenvalue weighted by atomic mass is 10.1. The lowest BCUT2D eigenvalue weighted by Gasteiger charge is -2.04. The molecule has 5 nitrogen and oxygen atoms in total. The van der Waals surface area contributed by atoms with Crippen LogP contribution in [-0.4, -0.2) is 27.6 Å². The molecule has 2 aromatic carbocycles. The molecule has 1 aromatic heterocycles. The molecule has 156 valence electrons. The van der Waals surface area contributed by atoms with Gasteiger partial charge >= 0.3 is 0 Å². The first-order valence-electron chi connectivity index (χ1n) is 9.70. The summed E-state index contributed by atoms with van der Waals surface area (Å²) in [6.07, 6.45) is 4.55. The van der Waals surface area contributed by atoms with Crippen molar-refractivity contribution in [3.63, 3.8) is 0 Å². The molecular weight excluding hydrogens is 421 g/mol. The zero-order chi connectivity index (χ0) is 21.3. The highest BCUT2D eigenvalue weighted by Gasteiger charge is 2.13. The summed E-state index contributed by atoms with van der Waals surface area (Å²) < 4.78 is 13.5. The fourth-order valence-electron chi connectivity index (χ4n) is 2.74. The maximum absolute atomic E-state index is 12.9. The van der Waals surface area contributed by atoms with Crippen LogP contribution in [0.5, 0.6) is 0 Å². The van der Waals surface area contributed by atoms with Gasteiger partial charge in [0.1, 0.15) is 5.82 Å². The molecule has 0 aliphatic rings. The number of nitrogens with zero attached hydrogens (tertiary/aromatic N) is 2. The van der Waals surface area contributed by atoms with Crippen molar-refractivity contribution in [3.8, 4) is 0 Å². The number of nitrogens with one attached hydrogen (secondary N) is 1. The molecule has 0 fully saturated rings. The third kappa shape index (κ3) is 6.47. The second-order valence-corrected chi connectivity index (χ2v) is 8.90.